The van der Waals surface area contributed by atoms with Crippen molar-refractivity contribution >= 4 is 63.2 Å². The third-order valence-electron chi connectivity index (χ3n) is 9.97. The van der Waals surface area contributed by atoms with E-state index in [4.69, 9.17) is 33.4 Å². The van der Waals surface area contributed by atoms with Gasteiger partial charge in [0, 0.05) is 48.8 Å². The number of fused-ring (bicyclic) bond motifs is 1. The third-order valence-corrected chi connectivity index (χ3v) is 10.8. The number of hydrogen-bond donors (Lipinski definition) is 0. The van der Waals surface area contributed by atoms with Crippen molar-refractivity contribution in [3.05, 3.63) is 180 Å². The number of esters is 4. The number of nitrogens with zero attached hydrogens (tertiary/aromatic N) is 3. The zero-order chi connectivity index (χ0) is 48.1. The van der Waals surface area contributed by atoms with E-state index in [1.165, 1.54) is 16.3 Å². The van der Waals surface area contributed by atoms with Crippen LogP contribution in [0.1, 0.15) is 50.2 Å². The van der Waals surface area contributed by atoms with Crippen molar-refractivity contribution in [2.24, 2.45) is 5.10 Å². The van der Waals surface area contributed by atoms with Gasteiger partial charge in [0.05, 0.1) is 62.7 Å². The van der Waals surface area contributed by atoms with Crippen LogP contribution in [-0.2, 0) is 46.2 Å². The second-order valence-electron chi connectivity index (χ2n) is 14.7. The first-order chi connectivity index (χ1) is 33.1. The largest absolute Gasteiger partial charge is 0.493 e. The number of ether oxygens (including phenoxy) is 6. The van der Waals surface area contributed by atoms with Crippen LogP contribution in [0.5, 0.6) is 11.5 Å². The van der Waals surface area contributed by atoms with E-state index >= 15 is 0 Å². The van der Waals surface area contributed by atoms with Crippen LogP contribution in [0.15, 0.2) is 158 Å². The average molecular weight is 936 g/mol. The van der Waals surface area contributed by atoms with E-state index in [2.05, 4.69) is 24.8 Å². The minimum Gasteiger partial charge on any atom is -0.493 e. The van der Waals surface area contributed by atoms with Crippen molar-refractivity contribution in [3.63, 3.8) is 0 Å². The maximum Gasteiger partial charge on any atom is 0.338 e. The summed E-state index contributed by atoms with van der Waals surface area (Å²) in [6.07, 6.45) is 6.55. The van der Waals surface area contributed by atoms with E-state index in [1.54, 1.807) is 54.7 Å². The minimum absolute atomic E-state index is 0.0319. The van der Waals surface area contributed by atoms with E-state index in [0.717, 1.165) is 45.7 Å². The number of thiazole rings is 1. The Bertz CT molecular complexity index is 2760. The molecule has 0 aliphatic heterocycles. The van der Waals surface area contributed by atoms with Gasteiger partial charge in [0.2, 0.25) is 5.13 Å². The Balaban J connectivity index is 1.11. The van der Waals surface area contributed by atoms with Gasteiger partial charge in [-0.1, -0.05) is 68.3 Å². The smallest absolute Gasteiger partial charge is 0.338 e. The number of rotatable bonds is 25. The number of anilines is 1. The summed E-state index contributed by atoms with van der Waals surface area (Å²) < 4.78 is 32.5. The van der Waals surface area contributed by atoms with Gasteiger partial charge < -0.3 is 28.4 Å². The number of carbonyl (C=O) groups excluding carboxylic acids is 5. The maximum absolute atomic E-state index is 13.3. The first-order valence-electron chi connectivity index (χ1n) is 21.6. The molecule has 0 aliphatic rings. The summed E-state index contributed by atoms with van der Waals surface area (Å²) in [7, 11) is 0. The lowest BCUT2D eigenvalue weighted by atomic mass is 10.0. The van der Waals surface area contributed by atoms with E-state index < -0.39 is 29.8 Å². The number of hydrazone groups is 1. The average Bonchev–Trinajstić information content (AvgIpc) is 3.86. The molecular formula is C53H49N3O11S. The van der Waals surface area contributed by atoms with E-state index in [9.17, 15) is 24.0 Å². The Kier molecular flexibility index (Phi) is 18.5. The Hall–Kier alpha value is -8.17. The molecule has 6 rings (SSSR count). The normalized spacial score (nSPS) is 10.8. The summed E-state index contributed by atoms with van der Waals surface area (Å²) in [5.41, 5.74) is 4.47. The molecule has 0 radical (unpaired) electrons. The molecule has 68 heavy (non-hydrogen) atoms. The molecule has 15 heteroatoms. The predicted octanol–water partition coefficient (Wildman–Crippen LogP) is 9.31. The fourth-order valence-electron chi connectivity index (χ4n) is 6.42. The molecule has 1 amide bonds. The summed E-state index contributed by atoms with van der Waals surface area (Å²) in [6, 6.07) is 32.8. The molecule has 0 saturated carbocycles. The molecule has 0 aliphatic carbocycles. The molecule has 0 saturated heterocycles. The third kappa shape index (κ3) is 14.7. The molecule has 1 aromatic heterocycles. The molecule has 5 aromatic carbocycles. The Morgan fingerprint density at radius 1 is 0.603 bits per heavy atom. The number of carbonyl (C=O) groups is 5. The van der Waals surface area contributed by atoms with E-state index in [0.29, 0.717) is 77.9 Å². The van der Waals surface area contributed by atoms with Crippen LogP contribution in [0.25, 0.3) is 22.0 Å². The highest BCUT2D eigenvalue weighted by atomic mass is 32.1. The fourth-order valence-corrected chi connectivity index (χ4v) is 7.21. The Morgan fingerprint density at radius 3 is 1.78 bits per heavy atom. The SMILES string of the molecule is C=CC(=O)OCCCOc1ccc(C(=O)OCCc2ccc(CCOC(=O)c3ccc(OCCCOC(=O)C=C)cc3)c(/C=N/N(C(=O)C=C)c3nc(-c4ccc5ccccc5c4)cs3)c2)cc1. The lowest BCUT2D eigenvalue weighted by molar-refractivity contribution is -0.138. The molecule has 348 valence electrons. The van der Waals surface area contributed by atoms with Crippen molar-refractivity contribution in [2.45, 2.75) is 25.7 Å². The number of amides is 1. The zero-order valence-corrected chi connectivity index (χ0v) is 38.0. The molecule has 6 aromatic rings. The van der Waals surface area contributed by atoms with Gasteiger partial charge in [-0.05, 0) is 94.2 Å². The predicted molar refractivity (Wildman–Crippen MR) is 260 cm³/mol. The molecular weight excluding hydrogens is 887 g/mol. The van der Waals surface area contributed by atoms with E-state index in [1.807, 2.05) is 66.0 Å². The van der Waals surface area contributed by atoms with Crippen molar-refractivity contribution in [3.8, 4) is 22.8 Å². The molecule has 1 heterocycles. The van der Waals surface area contributed by atoms with Gasteiger partial charge in [-0.25, -0.2) is 24.2 Å². The molecule has 0 unspecified atom stereocenters. The number of benzene rings is 5. The fraction of sp³-hybridized carbons (Fsp3) is 0.189. The van der Waals surface area contributed by atoms with Crippen molar-refractivity contribution in [1.29, 1.82) is 0 Å². The van der Waals surface area contributed by atoms with Crippen LogP contribution >= 0.6 is 11.3 Å². The zero-order valence-electron chi connectivity index (χ0n) is 37.2. The van der Waals surface area contributed by atoms with Gasteiger partial charge in [-0.3, -0.25) is 4.79 Å². The maximum atomic E-state index is 13.3. The standard InChI is InChI=1S/C53H49N3O11S/c1-4-48(57)56(53-55-47(36-68-53)43-16-15-38-11-7-8-12-42(38)34-43)54-35-44-33-37(25-31-66-51(60)40-17-21-45(22-18-40)62-27-9-29-64-49(58)5-2)13-14-39(44)26-32-67-52(61)41-19-23-46(24-20-41)63-28-10-30-65-50(59)6-3/h4-8,11-24,33-36H,1-3,9-10,25-32H2/b54-35+. The second kappa shape index (κ2) is 25.5. The van der Waals surface area contributed by atoms with Gasteiger partial charge in [-0.2, -0.15) is 10.1 Å². The van der Waals surface area contributed by atoms with Gasteiger partial charge in [0.15, 0.2) is 0 Å². The first kappa shape index (κ1) is 49.3. The summed E-state index contributed by atoms with van der Waals surface area (Å²) >= 11 is 1.26. The van der Waals surface area contributed by atoms with E-state index in [-0.39, 0.29) is 26.4 Å². The Morgan fingerprint density at radius 2 is 1.19 bits per heavy atom. The molecule has 0 fully saturated rings. The van der Waals surface area contributed by atoms with Crippen molar-refractivity contribution in [2.75, 3.05) is 44.7 Å². The highest BCUT2D eigenvalue weighted by Gasteiger charge is 2.18. The molecule has 0 N–H and O–H groups in total. The summed E-state index contributed by atoms with van der Waals surface area (Å²) in [5, 5.41) is 10.1. The second-order valence-corrected chi connectivity index (χ2v) is 15.5. The van der Waals surface area contributed by atoms with Crippen LogP contribution in [0.2, 0.25) is 0 Å². The molecule has 0 atom stereocenters. The Labute approximate surface area is 397 Å². The summed E-state index contributed by atoms with van der Waals surface area (Å²) in [6.45, 7) is 11.5. The molecule has 0 spiro atoms. The van der Waals surface area contributed by atoms with Crippen molar-refractivity contribution < 1.29 is 52.4 Å². The number of hydrogen-bond acceptors (Lipinski definition) is 14. The molecule has 14 nitrogen and oxygen atoms in total. The van der Waals surface area contributed by atoms with Crippen LogP contribution in [0, 0.1) is 0 Å². The lowest BCUT2D eigenvalue weighted by Crippen LogP contribution is -2.23. The highest BCUT2D eigenvalue weighted by molar-refractivity contribution is 7.14. The van der Waals surface area contributed by atoms with Gasteiger partial charge in [0.25, 0.3) is 5.91 Å². The lowest BCUT2D eigenvalue weighted by Gasteiger charge is -2.13. The summed E-state index contributed by atoms with van der Waals surface area (Å²) in [4.78, 5) is 66.4. The first-order valence-corrected chi connectivity index (χ1v) is 22.5. The topological polar surface area (TPSA) is 169 Å². The minimum atomic E-state index is -0.527. The molecule has 0 bridgehead atoms. The van der Waals surface area contributed by atoms with Crippen LogP contribution in [0.3, 0.4) is 0 Å². The van der Waals surface area contributed by atoms with Gasteiger partial charge in [-0.15, -0.1) is 11.3 Å². The quantitative estimate of drug-likeness (QED) is 0.0133. The van der Waals surface area contributed by atoms with Crippen molar-refractivity contribution in [1.82, 2.24) is 4.98 Å². The summed E-state index contributed by atoms with van der Waals surface area (Å²) in [5.74, 6) is -1.43. The van der Waals surface area contributed by atoms with Gasteiger partial charge in [0.1, 0.15) is 11.5 Å². The number of aromatic nitrogens is 1. The monoisotopic (exact) mass is 935 g/mol. The van der Waals surface area contributed by atoms with Gasteiger partial charge >= 0.3 is 23.9 Å². The van der Waals surface area contributed by atoms with Crippen LogP contribution in [-0.4, -0.2) is 80.6 Å². The van der Waals surface area contributed by atoms with Crippen LogP contribution in [0.4, 0.5) is 5.13 Å². The highest BCUT2D eigenvalue weighted by Crippen LogP contribution is 2.30. The van der Waals surface area contributed by atoms with Crippen LogP contribution < -0.4 is 14.5 Å².